The van der Waals surface area contributed by atoms with E-state index in [4.69, 9.17) is 4.74 Å². The van der Waals surface area contributed by atoms with Gasteiger partial charge in [0.15, 0.2) is 0 Å². The first kappa shape index (κ1) is 20.4. The Bertz CT molecular complexity index is 929. The van der Waals surface area contributed by atoms with Crippen molar-refractivity contribution in [1.82, 2.24) is 14.7 Å². The molecule has 158 valence electrons. The summed E-state index contributed by atoms with van der Waals surface area (Å²) in [5.74, 6) is 0.739. The van der Waals surface area contributed by atoms with Gasteiger partial charge in [-0.1, -0.05) is 35.9 Å². The first-order valence-electron chi connectivity index (χ1n) is 10.6. The average Bonchev–Trinajstić information content (AvgIpc) is 2.98. The van der Waals surface area contributed by atoms with Gasteiger partial charge in [-0.15, -0.1) is 0 Å². The Morgan fingerprint density at radius 3 is 2.70 bits per heavy atom. The fourth-order valence-electron chi connectivity index (χ4n) is 4.42. The first-order valence-corrected chi connectivity index (χ1v) is 10.6. The summed E-state index contributed by atoms with van der Waals surface area (Å²) in [7, 11) is 1.59. The van der Waals surface area contributed by atoms with Crippen molar-refractivity contribution in [2.75, 3.05) is 39.8 Å². The lowest BCUT2D eigenvalue weighted by Crippen LogP contribution is -2.59. The molecular weight excluding hydrogens is 378 g/mol. The minimum atomic E-state index is -0.277. The van der Waals surface area contributed by atoms with Crippen LogP contribution in [0.4, 0.5) is 0 Å². The normalized spacial score (nSPS) is 19.9. The van der Waals surface area contributed by atoms with Crippen LogP contribution in [-0.2, 0) is 11.3 Å². The second-order valence-electron chi connectivity index (χ2n) is 8.14. The predicted octanol–water partition coefficient (Wildman–Crippen LogP) is 2.56. The Morgan fingerprint density at radius 1 is 1.07 bits per heavy atom. The molecular formula is C24H29N3O3. The third-order valence-electron chi connectivity index (χ3n) is 6.02. The van der Waals surface area contributed by atoms with Crippen LogP contribution in [0.3, 0.4) is 0 Å². The molecule has 1 unspecified atom stereocenters. The fraction of sp³-hybridized carbons (Fsp3) is 0.417. The molecule has 0 bridgehead atoms. The lowest BCUT2D eigenvalue weighted by Gasteiger charge is -2.40. The number of amides is 2. The largest absolute Gasteiger partial charge is 0.497 e. The van der Waals surface area contributed by atoms with Gasteiger partial charge in [-0.05, 0) is 37.1 Å². The van der Waals surface area contributed by atoms with E-state index in [0.29, 0.717) is 30.9 Å². The summed E-state index contributed by atoms with van der Waals surface area (Å²) in [6, 6.07) is 15.2. The van der Waals surface area contributed by atoms with E-state index in [-0.39, 0.29) is 17.9 Å². The molecule has 2 aliphatic heterocycles. The fourth-order valence-corrected chi connectivity index (χ4v) is 4.42. The van der Waals surface area contributed by atoms with Gasteiger partial charge in [-0.25, -0.2) is 0 Å². The molecule has 1 atom stereocenters. The highest BCUT2D eigenvalue weighted by Crippen LogP contribution is 2.21. The van der Waals surface area contributed by atoms with Crippen molar-refractivity contribution in [2.24, 2.45) is 0 Å². The molecule has 2 aliphatic rings. The SMILES string of the molecule is COc1cccc(C(=O)N2CCCN3CCN(Cc4cccc(C)c4)C(=O)C3C2)c1. The molecule has 6 nitrogen and oxygen atoms in total. The van der Waals surface area contributed by atoms with Crippen LogP contribution in [0, 0.1) is 6.92 Å². The number of piperazine rings is 1. The summed E-state index contributed by atoms with van der Waals surface area (Å²) in [6.45, 7) is 6.20. The average molecular weight is 408 g/mol. The van der Waals surface area contributed by atoms with Gasteiger partial charge in [0.25, 0.3) is 5.91 Å². The van der Waals surface area contributed by atoms with Gasteiger partial charge in [-0.3, -0.25) is 14.5 Å². The minimum absolute atomic E-state index is 0.0423. The summed E-state index contributed by atoms with van der Waals surface area (Å²) >= 11 is 0. The molecule has 0 aliphatic carbocycles. The number of hydrogen-bond donors (Lipinski definition) is 0. The van der Waals surface area contributed by atoms with Crippen LogP contribution in [0.5, 0.6) is 5.75 Å². The number of benzene rings is 2. The van der Waals surface area contributed by atoms with E-state index >= 15 is 0 Å². The molecule has 2 fully saturated rings. The van der Waals surface area contributed by atoms with Gasteiger partial charge in [0.05, 0.1) is 7.11 Å². The second-order valence-corrected chi connectivity index (χ2v) is 8.14. The van der Waals surface area contributed by atoms with Crippen molar-refractivity contribution >= 4 is 11.8 Å². The van der Waals surface area contributed by atoms with Crippen LogP contribution in [0.25, 0.3) is 0 Å². The molecule has 0 N–H and O–H groups in total. The number of hydrogen-bond acceptors (Lipinski definition) is 4. The third kappa shape index (κ3) is 4.33. The van der Waals surface area contributed by atoms with E-state index in [9.17, 15) is 9.59 Å². The van der Waals surface area contributed by atoms with Crippen molar-refractivity contribution in [3.05, 3.63) is 65.2 Å². The zero-order valence-electron chi connectivity index (χ0n) is 17.7. The van der Waals surface area contributed by atoms with Gasteiger partial charge in [0.1, 0.15) is 11.8 Å². The molecule has 0 saturated carbocycles. The van der Waals surface area contributed by atoms with E-state index < -0.39 is 0 Å². The third-order valence-corrected chi connectivity index (χ3v) is 6.02. The lowest BCUT2D eigenvalue weighted by atomic mass is 10.1. The zero-order chi connectivity index (χ0) is 21.1. The topological polar surface area (TPSA) is 53.1 Å². The molecule has 4 rings (SSSR count). The minimum Gasteiger partial charge on any atom is -0.497 e. The molecule has 6 heteroatoms. The number of fused-ring (bicyclic) bond motifs is 1. The molecule has 30 heavy (non-hydrogen) atoms. The highest BCUT2D eigenvalue weighted by Gasteiger charge is 2.38. The number of rotatable bonds is 4. The first-order chi connectivity index (χ1) is 14.5. The molecule has 2 aromatic carbocycles. The van der Waals surface area contributed by atoms with E-state index in [1.807, 2.05) is 28.0 Å². The molecule has 0 aromatic heterocycles. The maximum Gasteiger partial charge on any atom is 0.254 e. The monoisotopic (exact) mass is 407 g/mol. The van der Waals surface area contributed by atoms with Crippen molar-refractivity contribution in [1.29, 1.82) is 0 Å². The Labute approximate surface area is 178 Å². The highest BCUT2D eigenvalue weighted by atomic mass is 16.5. The maximum absolute atomic E-state index is 13.3. The van der Waals surface area contributed by atoms with Crippen molar-refractivity contribution in [3.8, 4) is 5.75 Å². The Hall–Kier alpha value is -2.86. The van der Waals surface area contributed by atoms with Crippen molar-refractivity contribution in [3.63, 3.8) is 0 Å². The summed E-state index contributed by atoms with van der Waals surface area (Å²) in [4.78, 5) is 32.5. The van der Waals surface area contributed by atoms with Gasteiger partial charge >= 0.3 is 0 Å². The van der Waals surface area contributed by atoms with Crippen LogP contribution < -0.4 is 4.74 Å². The van der Waals surface area contributed by atoms with Crippen molar-refractivity contribution in [2.45, 2.75) is 25.9 Å². The summed E-state index contributed by atoms with van der Waals surface area (Å²) in [6.07, 6.45) is 0.872. The van der Waals surface area contributed by atoms with E-state index in [1.165, 1.54) is 5.56 Å². The van der Waals surface area contributed by atoms with E-state index in [1.54, 1.807) is 19.2 Å². The number of carbonyl (C=O) groups is 2. The molecule has 2 saturated heterocycles. The van der Waals surface area contributed by atoms with Gasteiger partial charge in [-0.2, -0.15) is 0 Å². The maximum atomic E-state index is 13.3. The van der Waals surface area contributed by atoms with E-state index in [0.717, 1.165) is 31.6 Å². The molecule has 0 spiro atoms. The smallest absolute Gasteiger partial charge is 0.254 e. The second kappa shape index (κ2) is 8.88. The van der Waals surface area contributed by atoms with Crippen molar-refractivity contribution < 1.29 is 14.3 Å². The lowest BCUT2D eigenvalue weighted by molar-refractivity contribution is -0.142. The number of nitrogens with zero attached hydrogens (tertiary/aromatic N) is 3. The predicted molar refractivity (Wildman–Crippen MR) is 115 cm³/mol. The number of carbonyl (C=O) groups excluding carboxylic acids is 2. The molecule has 0 radical (unpaired) electrons. The van der Waals surface area contributed by atoms with Crippen LogP contribution in [0.15, 0.2) is 48.5 Å². The number of methoxy groups -OCH3 is 1. The Balaban J connectivity index is 1.49. The van der Waals surface area contributed by atoms with Crippen LogP contribution >= 0.6 is 0 Å². The quantitative estimate of drug-likeness (QED) is 0.782. The summed E-state index contributed by atoms with van der Waals surface area (Å²) < 4.78 is 5.26. The van der Waals surface area contributed by atoms with E-state index in [2.05, 4.69) is 30.0 Å². The highest BCUT2D eigenvalue weighted by molar-refractivity contribution is 5.95. The Morgan fingerprint density at radius 2 is 1.90 bits per heavy atom. The standard InChI is InChI=1S/C24H29N3O3/c1-18-6-3-7-19(14-18)16-27-13-12-25-10-5-11-26(17-22(25)24(27)29)23(28)20-8-4-9-21(15-20)30-2/h3-4,6-9,14-15,22H,5,10-13,16-17H2,1-2H3. The number of aryl methyl sites for hydroxylation is 1. The Kier molecular flexibility index (Phi) is 6.04. The molecule has 2 aromatic rings. The van der Waals surface area contributed by atoms with Crippen LogP contribution in [0.1, 0.15) is 27.9 Å². The molecule has 2 heterocycles. The van der Waals surface area contributed by atoms with Gasteiger partial charge in [0.2, 0.25) is 5.91 Å². The van der Waals surface area contributed by atoms with Gasteiger partial charge in [0, 0.05) is 44.8 Å². The summed E-state index contributed by atoms with van der Waals surface area (Å²) in [5, 5.41) is 0. The van der Waals surface area contributed by atoms with Gasteiger partial charge < -0.3 is 14.5 Å². The number of ether oxygens (including phenoxy) is 1. The summed E-state index contributed by atoms with van der Waals surface area (Å²) in [5.41, 5.74) is 2.94. The van der Waals surface area contributed by atoms with Crippen LogP contribution in [0.2, 0.25) is 0 Å². The van der Waals surface area contributed by atoms with Crippen LogP contribution in [-0.4, -0.2) is 72.4 Å². The zero-order valence-corrected chi connectivity index (χ0v) is 17.7. The molecule has 2 amide bonds.